The lowest BCUT2D eigenvalue weighted by Gasteiger charge is -2.07. The summed E-state index contributed by atoms with van der Waals surface area (Å²) in [6.07, 6.45) is 2.08. The lowest BCUT2D eigenvalue weighted by Crippen LogP contribution is -2.21. The second kappa shape index (κ2) is 5.25. The third kappa shape index (κ3) is 3.22. The van der Waals surface area contributed by atoms with Crippen LogP contribution in [0.1, 0.15) is 13.3 Å². The van der Waals surface area contributed by atoms with Gasteiger partial charge in [0.2, 0.25) is 0 Å². The largest absolute Gasteiger partial charge is 0.271 e. The minimum atomic E-state index is 0.192. The first-order chi connectivity index (χ1) is 5.26. The fourth-order valence-corrected chi connectivity index (χ4v) is 0.591. The SMILES string of the molecule is CCN=C(CC#N)N(C)C#N. The van der Waals surface area contributed by atoms with Crippen LogP contribution < -0.4 is 0 Å². The van der Waals surface area contributed by atoms with Gasteiger partial charge in [-0.25, -0.2) is 0 Å². The van der Waals surface area contributed by atoms with Gasteiger partial charge in [-0.1, -0.05) is 0 Å². The van der Waals surface area contributed by atoms with Crippen molar-refractivity contribution in [2.24, 2.45) is 4.99 Å². The molecule has 0 unspecified atom stereocenters. The highest BCUT2D eigenvalue weighted by molar-refractivity contribution is 5.85. The topological polar surface area (TPSA) is 63.2 Å². The average Bonchev–Trinajstić information content (AvgIpc) is 2.03. The van der Waals surface area contributed by atoms with E-state index >= 15 is 0 Å². The van der Waals surface area contributed by atoms with E-state index in [-0.39, 0.29) is 6.42 Å². The highest BCUT2D eigenvalue weighted by Crippen LogP contribution is 1.91. The van der Waals surface area contributed by atoms with Gasteiger partial charge in [-0.15, -0.1) is 0 Å². The van der Waals surface area contributed by atoms with Gasteiger partial charge < -0.3 is 0 Å². The summed E-state index contributed by atoms with van der Waals surface area (Å²) >= 11 is 0. The number of nitriles is 2. The van der Waals surface area contributed by atoms with E-state index in [0.717, 1.165) is 0 Å². The third-order valence-electron chi connectivity index (χ3n) is 1.11. The van der Waals surface area contributed by atoms with Crippen molar-refractivity contribution in [1.29, 1.82) is 10.5 Å². The van der Waals surface area contributed by atoms with Crippen molar-refractivity contribution >= 4 is 5.84 Å². The molecule has 0 aromatic carbocycles. The molecule has 11 heavy (non-hydrogen) atoms. The maximum Gasteiger partial charge on any atom is 0.184 e. The first-order valence-corrected chi connectivity index (χ1v) is 3.30. The summed E-state index contributed by atoms with van der Waals surface area (Å²) in [7, 11) is 1.59. The summed E-state index contributed by atoms with van der Waals surface area (Å²) in [5, 5.41) is 16.8. The van der Waals surface area contributed by atoms with Gasteiger partial charge in [0.15, 0.2) is 6.19 Å². The van der Waals surface area contributed by atoms with Crippen molar-refractivity contribution in [3.05, 3.63) is 0 Å². The Hall–Kier alpha value is -1.55. The predicted molar refractivity (Wildman–Crippen MR) is 41.6 cm³/mol. The molecule has 4 heteroatoms. The van der Waals surface area contributed by atoms with E-state index in [0.29, 0.717) is 12.4 Å². The smallest absolute Gasteiger partial charge is 0.184 e. The van der Waals surface area contributed by atoms with E-state index in [1.807, 2.05) is 19.2 Å². The van der Waals surface area contributed by atoms with Gasteiger partial charge in [0, 0.05) is 13.6 Å². The fraction of sp³-hybridized carbons (Fsp3) is 0.571. The molecule has 0 fully saturated rings. The lowest BCUT2D eigenvalue weighted by atomic mass is 10.4. The second-order valence-electron chi connectivity index (χ2n) is 1.88. The van der Waals surface area contributed by atoms with Crippen molar-refractivity contribution < 1.29 is 0 Å². The Morgan fingerprint density at radius 1 is 1.55 bits per heavy atom. The molecule has 0 N–H and O–H groups in total. The van der Waals surface area contributed by atoms with Gasteiger partial charge in [-0.05, 0) is 6.92 Å². The molecule has 4 nitrogen and oxygen atoms in total. The van der Waals surface area contributed by atoms with Gasteiger partial charge in [0.1, 0.15) is 5.84 Å². The summed E-state index contributed by atoms with van der Waals surface area (Å²) in [6, 6.07) is 1.94. The molecule has 0 spiro atoms. The maximum absolute atomic E-state index is 8.44. The van der Waals surface area contributed by atoms with E-state index in [1.54, 1.807) is 7.05 Å². The number of hydrogen-bond acceptors (Lipinski definition) is 3. The minimum absolute atomic E-state index is 0.192. The first-order valence-electron chi connectivity index (χ1n) is 3.30. The molecule has 0 aliphatic carbocycles. The van der Waals surface area contributed by atoms with Crippen molar-refractivity contribution in [3.63, 3.8) is 0 Å². The number of aliphatic imine (C=N–C) groups is 1. The van der Waals surface area contributed by atoms with Crippen LogP contribution in [-0.4, -0.2) is 24.3 Å². The number of amidine groups is 1. The maximum atomic E-state index is 8.44. The second-order valence-corrected chi connectivity index (χ2v) is 1.88. The van der Waals surface area contributed by atoms with Crippen LogP contribution >= 0.6 is 0 Å². The van der Waals surface area contributed by atoms with Crippen LogP contribution in [0.25, 0.3) is 0 Å². The molecular formula is C7H10N4. The van der Waals surface area contributed by atoms with Crippen LogP contribution in [0.5, 0.6) is 0 Å². The van der Waals surface area contributed by atoms with E-state index in [9.17, 15) is 0 Å². The monoisotopic (exact) mass is 150 g/mol. The Morgan fingerprint density at radius 3 is 2.55 bits per heavy atom. The molecule has 0 aliphatic heterocycles. The zero-order valence-corrected chi connectivity index (χ0v) is 6.70. The van der Waals surface area contributed by atoms with Gasteiger partial charge in [-0.3, -0.25) is 9.89 Å². The van der Waals surface area contributed by atoms with Gasteiger partial charge in [0.05, 0.1) is 12.5 Å². The molecule has 0 heterocycles. The molecule has 0 saturated carbocycles. The molecule has 0 amide bonds. The molecule has 0 bridgehead atoms. The molecule has 0 aromatic heterocycles. The molecule has 0 atom stereocenters. The van der Waals surface area contributed by atoms with Crippen molar-refractivity contribution in [2.75, 3.05) is 13.6 Å². The molecule has 0 rings (SSSR count). The van der Waals surface area contributed by atoms with Crippen LogP contribution in [-0.2, 0) is 0 Å². The van der Waals surface area contributed by atoms with Gasteiger partial charge in [-0.2, -0.15) is 10.5 Å². The van der Waals surface area contributed by atoms with Crippen LogP contribution in [0.4, 0.5) is 0 Å². The van der Waals surface area contributed by atoms with E-state index in [2.05, 4.69) is 4.99 Å². The molecule has 58 valence electrons. The molecule has 0 aliphatic rings. The average molecular weight is 150 g/mol. The third-order valence-corrected chi connectivity index (χ3v) is 1.11. The number of hydrogen-bond donors (Lipinski definition) is 0. The van der Waals surface area contributed by atoms with E-state index < -0.39 is 0 Å². The van der Waals surface area contributed by atoms with Crippen molar-refractivity contribution in [3.8, 4) is 12.3 Å². The molecular weight excluding hydrogens is 140 g/mol. The Labute approximate surface area is 66.4 Å². The summed E-state index contributed by atoms with van der Waals surface area (Å²) in [6.45, 7) is 2.46. The Kier molecular flexibility index (Phi) is 4.51. The zero-order valence-electron chi connectivity index (χ0n) is 6.70. The first kappa shape index (κ1) is 9.45. The summed E-state index contributed by atoms with van der Waals surface area (Å²) in [5.41, 5.74) is 0. The molecule has 0 saturated heterocycles. The Balaban J connectivity index is 4.26. The number of rotatable bonds is 2. The minimum Gasteiger partial charge on any atom is -0.271 e. The van der Waals surface area contributed by atoms with Crippen molar-refractivity contribution in [2.45, 2.75) is 13.3 Å². The van der Waals surface area contributed by atoms with E-state index in [1.165, 1.54) is 4.90 Å². The standard InChI is InChI=1S/C7H10N4/c1-3-10-7(4-5-8)11(2)6-9/h3-4H2,1-2H3. The fourth-order valence-electron chi connectivity index (χ4n) is 0.591. The van der Waals surface area contributed by atoms with Crippen molar-refractivity contribution in [1.82, 2.24) is 4.90 Å². The normalized spacial score (nSPS) is 10.0. The molecule has 0 radical (unpaired) electrons. The summed E-state index contributed by atoms with van der Waals surface area (Å²) in [4.78, 5) is 5.28. The van der Waals surface area contributed by atoms with Crippen LogP contribution in [0.3, 0.4) is 0 Å². The van der Waals surface area contributed by atoms with Gasteiger partial charge >= 0.3 is 0 Å². The summed E-state index contributed by atoms with van der Waals surface area (Å²) < 4.78 is 0. The van der Waals surface area contributed by atoms with Crippen LogP contribution in [0.2, 0.25) is 0 Å². The Bertz CT molecular complexity index is 218. The predicted octanol–water partition coefficient (Wildman–Crippen LogP) is 0.731. The van der Waals surface area contributed by atoms with Gasteiger partial charge in [0.25, 0.3) is 0 Å². The quantitative estimate of drug-likeness (QED) is 0.252. The molecule has 0 aromatic rings. The summed E-state index contributed by atoms with van der Waals surface area (Å²) in [5.74, 6) is 0.525. The Morgan fingerprint density at radius 2 is 2.18 bits per heavy atom. The van der Waals surface area contributed by atoms with Crippen LogP contribution in [0.15, 0.2) is 4.99 Å². The van der Waals surface area contributed by atoms with E-state index in [4.69, 9.17) is 10.5 Å². The highest BCUT2D eigenvalue weighted by Gasteiger charge is 2.02. The zero-order chi connectivity index (χ0) is 8.69. The number of nitrogens with zero attached hydrogens (tertiary/aromatic N) is 4. The van der Waals surface area contributed by atoms with Crippen LogP contribution in [0, 0.1) is 22.8 Å². The lowest BCUT2D eigenvalue weighted by molar-refractivity contribution is 0.692. The highest BCUT2D eigenvalue weighted by atomic mass is 15.1.